The summed E-state index contributed by atoms with van der Waals surface area (Å²) in [6, 6.07) is 12.9. The zero-order valence-electron chi connectivity index (χ0n) is 15.8. The van der Waals surface area contributed by atoms with Crippen molar-refractivity contribution < 1.29 is 17.9 Å². The lowest BCUT2D eigenvalue weighted by atomic mass is 10.2. The molecule has 0 spiro atoms. The molecule has 148 valence electrons. The standard InChI is InChI=1S/C21H24N2O4S/c1-4-14-23(15-5-2)28(25,26)20-12-10-17(11-13-20)21(24)22-18-8-7-9-19(16-18)27-6-3/h4-5,7-13,16H,1-2,6,14-15H2,3H3,(H,22,24). The molecule has 0 saturated carbocycles. The fourth-order valence-electron chi connectivity index (χ4n) is 2.52. The number of nitrogens with zero attached hydrogens (tertiary/aromatic N) is 1. The molecule has 0 radical (unpaired) electrons. The minimum absolute atomic E-state index is 0.103. The number of benzene rings is 2. The van der Waals surface area contributed by atoms with Gasteiger partial charge in [0, 0.05) is 30.4 Å². The Morgan fingerprint density at radius 1 is 1.11 bits per heavy atom. The molecule has 0 aliphatic rings. The molecule has 0 fully saturated rings. The number of hydrogen-bond acceptors (Lipinski definition) is 4. The molecule has 2 rings (SSSR count). The molecule has 0 atom stereocenters. The van der Waals surface area contributed by atoms with Gasteiger partial charge in [-0.2, -0.15) is 4.31 Å². The first-order valence-corrected chi connectivity index (χ1v) is 10.2. The van der Waals surface area contributed by atoms with Crippen molar-refractivity contribution in [1.82, 2.24) is 4.31 Å². The molecular weight excluding hydrogens is 376 g/mol. The van der Waals surface area contributed by atoms with Crippen molar-refractivity contribution in [1.29, 1.82) is 0 Å². The first kappa shape index (κ1) is 21.4. The fourth-order valence-corrected chi connectivity index (χ4v) is 3.90. The maximum Gasteiger partial charge on any atom is 0.255 e. The number of rotatable bonds is 10. The summed E-state index contributed by atoms with van der Waals surface area (Å²) in [7, 11) is -3.70. The number of carbonyl (C=O) groups excluding carboxylic acids is 1. The number of hydrogen-bond donors (Lipinski definition) is 1. The fraction of sp³-hybridized carbons (Fsp3) is 0.190. The molecule has 0 aliphatic heterocycles. The molecule has 2 aromatic carbocycles. The van der Waals surface area contributed by atoms with Crippen molar-refractivity contribution in [3.05, 3.63) is 79.4 Å². The van der Waals surface area contributed by atoms with E-state index in [1.165, 1.54) is 40.7 Å². The zero-order valence-corrected chi connectivity index (χ0v) is 16.6. The molecule has 1 N–H and O–H groups in total. The Labute approximate surface area is 166 Å². The van der Waals surface area contributed by atoms with Gasteiger partial charge in [-0.1, -0.05) is 18.2 Å². The first-order chi connectivity index (χ1) is 13.4. The highest BCUT2D eigenvalue weighted by Crippen LogP contribution is 2.20. The Morgan fingerprint density at radius 2 is 1.75 bits per heavy atom. The van der Waals surface area contributed by atoms with Gasteiger partial charge in [0.05, 0.1) is 11.5 Å². The summed E-state index contributed by atoms with van der Waals surface area (Å²) >= 11 is 0. The second kappa shape index (κ2) is 9.87. The Kier molecular flexibility index (Phi) is 7.54. The summed E-state index contributed by atoms with van der Waals surface area (Å²) in [5.74, 6) is 0.318. The lowest BCUT2D eigenvalue weighted by Crippen LogP contribution is -2.31. The average molecular weight is 401 g/mol. The first-order valence-electron chi connectivity index (χ1n) is 8.78. The molecule has 0 unspecified atom stereocenters. The number of carbonyl (C=O) groups is 1. The molecule has 0 heterocycles. The van der Waals surface area contributed by atoms with Crippen LogP contribution in [0.4, 0.5) is 5.69 Å². The van der Waals surface area contributed by atoms with E-state index in [-0.39, 0.29) is 23.9 Å². The normalized spacial score (nSPS) is 11.1. The summed E-state index contributed by atoms with van der Waals surface area (Å²) < 4.78 is 32.1. The number of amides is 1. The average Bonchev–Trinajstić information content (AvgIpc) is 2.68. The van der Waals surface area contributed by atoms with Gasteiger partial charge in [0.25, 0.3) is 5.91 Å². The van der Waals surface area contributed by atoms with Crippen LogP contribution in [0.15, 0.2) is 78.7 Å². The Balaban J connectivity index is 2.17. The van der Waals surface area contributed by atoms with Crippen molar-refractivity contribution in [2.75, 3.05) is 25.0 Å². The molecule has 2 aromatic rings. The van der Waals surface area contributed by atoms with E-state index in [0.717, 1.165) is 0 Å². The summed E-state index contributed by atoms with van der Waals surface area (Å²) in [5.41, 5.74) is 0.940. The maximum absolute atomic E-state index is 12.7. The minimum atomic E-state index is -3.70. The monoisotopic (exact) mass is 400 g/mol. The topological polar surface area (TPSA) is 75.7 Å². The molecule has 0 bridgehead atoms. The quantitative estimate of drug-likeness (QED) is 0.617. The maximum atomic E-state index is 12.7. The van der Waals surface area contributed by atoms with Crippen molar-refractivity contribution in [3.63, 3.8) is 0 Å². The van der Waals surface area contributed by atoms with Crippen LogP contribution in [-0.2, 0) is 10.0 Å². The van der Waals surface area contributed by atoms with Crippen molar-refractivity contribution in [2.24, 2.45) is 0 Å². The van der Waals surface area contributed by atoms with E-state index in [1.807, 2.05) is 6.92 Å². The highest BCUT2D eigenvalue weighted by molar-refractivity contribution is 7.89. The molecule has 0 saturated heterocycles. The van der Waals surface area contributed by atoms with Crippen LogP contribution >= 0.6 is 0 Å². The number of nitrogens with one attached hydrogen (secondary N) is 1. The Bertz CT molecular complexity index is 927. The highest BCUT2D eigenvalue weighted by atomic mass is 32.2. The van der Waals surface area contributed by atoms with E-state index in [4.69, 9.17) is 4.74 Å². The van der Waals surface area contributed by atoms with E-state index in [9.17, 15) is 13.2 Å². The highest BCUT2D eigenvalue weighted by Gasteiger charge is 2.22. The van der Waals surface area contributed by atoms with Crippen LogP contribution in [0.1, 0.15) is 17.3 Å². The molecule has 0 aromatic heterocycles. The molecule has 6 nitrogen and oxygen atoms in total. The van der Waals surface area contributed by atoms with E-state index in [2.05, 4.69) is 18.5 Å². The van der Waals surface area contributed by atoms with Gasteiger partial charge in [0.2, 0.25) is 10.0 Å². The molecule has 7 heteroatoms. The number of ether oxygens (including phenoxy) is 1. The van der Waals surface area contributed by atoms with Gasteiger partial charge >= 0.3 is 0 Å². The summed E-state index contributed by atoms with van der Waals surface area (Å²) in [4.78, 5) is 12.5. The van der Waals surface area contributed by atoms with Crippen LogP contribution < -0.4 is 10.1 Å². The number of sulfonamides is 1. The Hall–Kier alpha value is -2.90. The van der Waals surface area contributed by atoms with Crippen LogP contribution in [0.2, 0.25) is 0 Å². The third-order valence-corrected chi connectivity index (χ3v) is 5.67. The van der Waals surface area contributed by atoms with Gasteiger partial charge in [-0.25, -0.2) is 8.42 Å². The van der Waals surface area contributed by atoms with Crippen LogP contribution in [0.3, 0.4) is 0 Å². The van der Waals surface area contributed by atoms with Crippen molar-refractivity contribution >= 4 is 21.6 Å². The lowest BCUT2D eigenvalue weighted by Gasteiger charge is -2.19. The third-order valence-electron chi connectivity index (χ3n) is 3.82. The SMILES string of the molecule is C=CCN(CC=C)S(=O)(=O)c1ccc(C(=O)Nc2cccc(OCC)c2)cc1. The molecular formula is C21H24N2O4S. The predicted octanol–water partition coefficient (Wildman–Crippen LogP) is 3.70. The van der Waals surface area contributed by atoms with Crippen LogP contribution in [-0.4, -0.2) is 38.3 Å². The second-order valence-electron chi connectivity index (χ2n) is 5.84. The minimum Gasteiger partial charge on any atom is -0.494 e. The van der Waals surface area contributed by atoms with Gasteiger partial charge in [-0.3, -0.25) is 4.79 Å². The molecule has 1 amide bonds. The largest absolute Gasteiger partial charge is 0.494 e. The van der Waals surface area contributed by atoms with Gasteiger partial charge in [0.1, 0.15) is 5.75 Å². The Morgan fingerprint density at radius 3 is 2.32 bits per heavy atom. The lowest BCUT2D eigenvalue weighted by molar-refractivity contribution is 0.102. The molecule has 0 aliphatic carbocycles. The van der Waals surface area contributed by atoms with E-state index in [0.29, 0.717) is 23.6 Å². The van der Waals surface area contributed by atoms with Gasteiger partial charge in [-0.05, 0) is 43.3 Å². The van der Waals surface area contributed by atoms with Gasteiger partial charge < -0.3 is 10.1 Å². The summed E-state index contributed by atoms with van der Waals surface area (Å²) in [5, 5.41) is 2.77. The van der Waals surface area contributed by atoms with E-state index < -0.39 is 10.0 Å². The van der Waals surface area contributed by atoms with Crippen LogP contribution in [0.5, 0.6) is 5.75 Å². The summed E-state index contributed by atoms with van der Waals surface area (Å²) in [6.07, 6.45) is 3.03. The molecule has 28 heavy (non-hydrogen) atoms. The van der Waals surface area contributed by atoms with Crippen molar-refractivity contribution in [3.8, 4) is 5.75 Å². The third kappa shape index (κ3) is 5.31. The predicted molar refractivity (Wildman–Crippen MR) is 111 cm³/mol. The second-order valence-corrected chi connectivity index (χ2v) is 7.78. The van der Waals surface area contributed by atoms with Crippen molar-refractivity contribution in [2.45, 2.75) is 11.8 Å². The van der Waals surface area contributed by atoms with Crippen LogP contribution in [0, 0.1) is 0 Å². The zero-order chi connectivity index (χ0) is 20.6. The van der Waals surface area contributed by atoms with E-state index >= 15 is 0 Å². The van der Waals surface area contributed by atoms with Gasteiger partial charge in [-0.15, -0.1) is 13.2 Å². The van der Waals surface area contributed by atoms with Crippen LogP contribution in [0.25, 0.3) is 0 Å². The number of anilines is 1. The van der Waals surface area contributed by atoms with Gasteiger partial charge in [0.15, 0.2) is 0 Å². The van der Waals surface area contributed by atoms with E-state index in [1.54, 1.807) is 24.3 Å². The summed E-state index contributed by atoms with van der Waals surface area (Å²) in [6.45, 7) is 9.92. The smallest absolute Gasteiger partial charge is 0.255 e.